The zero-order valence-corrected chi connectivity index (χ0v) is 12.0. The van der Waals surface area contributed by atoms with E-state index in [1.165, 1.54) is 5.56 Å². The number of piperidine rings is 1. The number of rotatable bonds is 3. The van der Waals surface area contributed by atoms with Crippen LogP contribution in [0.4, 0.5) is 0 Å². The molecule has 1 fully saturated rings. The Hall–Kier alpha value is -1.81. The first kappa shape index (κ1) is 13.2. The quantitative estimate of drug-likeness (QED) is 0.932. The molecule has 1 aromatic heterocycles. The number of aromatic nitrogens is 1. The smallest absolute Gasteiger partial charge is 0.198 e. The number of oxazole rings is 1. The van der Waals surface area contributed by atoms with E-state index >= 15 is 0 Å². The van der Waals surface area contributed by atoms with Crippen molar-refractivity contribution in [3.63, 3.8) is 0 Å². The number of aryl methyl sites for hydroxylation is 1. The van der Waals surface area contributed by atoms with Gasteiger partial charge in [-0.1, -0.05) is 11.6 Å². The van der Waals surface area contributed by atoms with Gasteiger partial charge in [0.05, 0.1) is 18.9 Å². The summed E-state index contributed by atoms with van der Waals surface area (Å²) in [7, 11) is 1.68. The molecule has 1 aliphatic rings. The molecule has 0 radical (unpaired) electrons. The first-order valence-corrected chi connectivity index (χ1v) is 7.09. The third-order valence-electron chi connectivity index (χ3n) is 3.83. The summed E-state index contributed by atoms with van der Waals surface area (Å²) in [5.41, 5.74) is 2.15. The number of methoxy groups -OCH3 is 1. The summed E-state index contributed by atoms with van der Waals surface area (Å²) < 4.78 is 11.4. The van der Waals surface area contributed by atoms with Gasteiger partial charge in [0.15, 0.2) is 11.7 Å². The summed E-state index contributed by atoms with van der Waals surface area (Å²) in [6, 6.07) is 6.08. The van der Waals surface area contributed by atoms with Crippen molar-refractivity contribution in [2.45, 2.75) is 25.7 Å². The van der Waals surface area contributed by atoms with Gasteiger partial charge in [0.2, 0.25) is 0 Å². The summed E-state index contributed by atoms with van der Waals surface area (Å²) >= 11 is 0. The molecule has 4 nitrogen and oxygen atoms in total. The molecule has 0 amide bonds. The van der Waals surface area contributed by atoms with Crippen molar-refractivity contribution >= 4 is 0 Å². The standard InChI is InChI=1S/C16H20N2O2/c1-11-3-4-14(19-2)13(9-11)15-10-18-16(20-15)12-5-7-17-8-6-12/h3-4,9-10,12,17H,5-8H2,1-2H3. The number of ether oxygens (including phenoxy) is 1. The van der Waals surface area contributed by atoms with Crippen LogP contribution >= 0.6 is 0 Å². The molecular formula is C16H20N2O2. The van der Waals surface area contributed by atoms with Crippen LogP contribution in [0.15, 0.2) is 28.8 Å². The average molecular weight is 272 g/mol. The van der Waals surface area contributed by atoms with Crippen molar-refractivity contribution in [2.75, 3.05) is 20.2 Å². The Bertz CT molecular complexity index is 586. The van der Waals surface area contributed by atoms with E-state index in [1.54, 1.807) is 7.11 Å². The fourth-order valence-electron chi connectivity index (χ4n) is 2.68. The van der Waals surface area contributed by atoms with Gasteiger partial charge in [-0.25, -0.2) is 4.98 Å². The number of nitrogens with one attached hydrogen (secondary N) is 1. The molecule has 20 heavy (non-hydrogen) atoms. The summed E-state index contributed by atoms with van der Waals surface area (Å²) in [4.78, 5) is 4.47. The van der Waals surface area contributed by atoms with Gasteiger partial charge < -0.3 is 14.5 Å². The van der Waals surface area contributed by atoms with Crippen molar-refractivity contribution in [3.8, 4) is 17.1 Å². The Balaban J connectivity index is 1.91. The second kappa shape index (κ2) is 5.67. The molecule has 1 aromatic carbocycles. The molecule has 0 atom stereocenters. The van der Waals surface area contributed by atoms with E-state index in [2.05, 4.69) is 23.3 Å². The van der Waals surface area contributed by atoms with E-state index in [0.717, 1.165) is 48.9 Å². The molecule has 1 N–H and O–H groups in total. The van der Waals surface area contributed by atoms with Crippen molar-refractivity contribution in [2.24, 2.45) is 0 Å². The van der Waals surface area contributed by atoms with Crippen LogP contribution in [0.25, 0.3) is 11.3 Å². The Labute approximate surface area is 119 Å². The maximum atomic E-state index is 5.99. The van der Waals surface area contributed by atoms with Gasteiger partial charge in [0, 0.05) is 5.92 Å². The van der Waals surface area contributed by atoms with Gasteiger partial charge >= 0.3 is 0 Å². The molecule has 0 saturated carbocycles. The lowest BCUT2D eigenvalue weighted by Crippen LogP contribution is -2.26. The van der Waals surface area contributed by atoms with Gasteiger partial charge in [-0.15, -0.1) is 0 Å². The van der Waals surface area contributed by atoms with Crippen LogP contribution in [0.5, 0.6) is 5.75 Å². The lowest BCUT2D eigenvalue weighted by atomic mass is 9.98. The summed E-state index contributed by atoms with van der Waals surface area (Å²) in [5, 5.41) is 3.36. The van der Waals surface area contributed by atoms with E-state index in [4.69, 9.17) is 9.15 Å². The van der Waals surface area contributed by atoms with Gasteiger partial charge in [-0.05, 0) is 45.0 Å². The molecule has 0 unspecified atom stereocenters. The second-order valence-electron chi connectivity index (χ2n) is 5.29. The SMILES string of the molecule is COc1ccc(C)cc1-c1cnc(C2CCNCC2)o1. The van der Waals surface area contributed by atoms with Gasteiger partial charge in [0.1, 0.15) is 5.75 Å². The highest BCUT2D eigenvalue weighted by molar-refractivity contribution is 5.66. The van der Waals surface area contributed by atoms with Crippen LogP contribution in [-0.4, -0.2) is 25.2 Å². The first-order chi connectivity index (χ1) is 9.78. The van der Waals surface area contributed by atoms with Crippen molar-refractivity contribution < 1.29 is 9.15 Å². The molecule has 1 saturated heterocycles. The highest BCUT2D eigenvalue weighted by Gasteiger charge is 2.21. The van der Waals surface area contributed by atoms with Gasteiger partial charge in [-0.2, -0.15) is 0 Å². The van der Waals surface area contributed by atoms with Crippen LogP contribution in [0, 0.1) is 6.92 Å². The van der Waals surface area contributed by atoms with Crippen LogP contribution in [-0.2, 0) is 0 Å². The molecule has 106 valence electrons. The molecule has 1 aliphatic heterocycles. The predicted molar refractivity (Wildman–Crippen MR) is 78.1 cm³/mol. The highest BCUT2D eigenvalue weighted by atomic mass is 16.5. The number of benzene rings is 1. The van der Waals surface area contributed by atoms with Crippen molar-refractivity contribution in [1.82, 2.24) is 10.3 Å². The lowest BCUT2D eigenvalue weighted by Gasteiger charge is -2.19. The molecule has 3 rings (SSSR count). The Kier molecular flexibility index (Phi) is 3.74. The van der Waals surface area contributed by atoms with E-state index in [0.29, 0.717) is 5.92 Å². The third kappa shape index (κ3) is 2.56. The highest BCUT2D eigenvalue weighted by Crippen LogP contribution is 2.34. The molecule has 2 heterocycles. The van der Waals surface area contributed by atoms with Gasteiger partial charge in [0.25, 0.3) is 0 Å². The van der Waals surface area contributed by atoms with Crippen molar-refractivity contribution in [1.29, 1.82) is 0 Å². The number of hydrogen-bond donors (Lipinski definition) is 1. The Morgan fingerprint density at radius 1 is 1.30 bits per heavy atom. The second-order valence-corrected chi connectivity index (χ2v) is 5.29. The lowest BCUT2D eigenvalue weighted by molar-refractivity contribution is 0.376. The molecular weight excluding hydrogens is 252 g/mol. The first-order valence-electron chi connectivity index (χ1n) is 7.09. The topological polar surface area (TPSA) is 47.3 Å². The molecule has 0 aliphatic carbocycles. The Morgan fingerprint density at radius 3 is 2.85 bits per heavy atom. The minimum Gasteiger partial charge on any atom is -0.496 e. The largest absolute Gasteiger partial charge is 0.496 e. The molecule has 4 heteroatoms. The zero-order valence-electron chi connectivity index (χ0n) is 12.0. The summed E-state index contributed by atoms with van der Waals surface area (Å²) in [6.07, 6.45) is 3.99. The minimum atomic E-state index is 0.431. The minimum absolute atomic E-state index is 0.431. The van der Waals surface area contributed by atoms with E-state index in [9.17, 15) is 0 Å². The van der Waals surface area contributed by atoms with E-state index in [1.807, 2.05) is 18.3 Å². The van der Waals surface area contributed by atoms with Crippen LogP contribution in [0.3, 0.4) is 0 Å². The van der Waals surface area contributed by atoms with E-state index < -0.39 is 0 Å². The van der Waals surface area contributed by atoms with Crippen LogP contribution in [0.2, 0.25) is 0 Å². The average Bonchev–Trinajstić information content (AvgIpc) is 2.98. The number of nitrogens with zero attached hydrogens (tertiary/aromatic N) is 1. The monoisotopic (exact) mass is 272 g/mol. The zero-order chi connectivity index (χ0) is 13.9. The third-order valence-corrected chi connectivity index (χ3v) is 3.83. The molecule has 0 spiro atoms. The Morgan fingerprint density at radius 2 is 2.10 bits per heavy atom. The fourth-order valence-corrected chi connectivity index (χ4v) is 2.68. The van der Waals surface area contributed by atoms with Gasteiger partial charge in [-0.3, -0.25) is 0 Å². The van der Waals surface area contributed by atoms with Crippen LogP contribution < -0.4 is 10.1 Å². The predicted octanol–water partition coefficient (Wildman–Crippen LogP) is 3.13. The molecule has 2 aromatic rings. The van der Waals surface area contributed by atoms with Crippen LogP contribution in [0.1, 0.15) is 30.2 Å². The van der Waals surface area contributed by atoms with Crippen molar-refractivity contribution in [3.05, 3.63) is 35.9 Å². The summed E-state index contributed by atoms with van der Waals surface area (Å²) in [5.74, 6) is 2.90. The number of hydrogen-bond acceptors (Lipinski definition) is 4. The normalized spacial score (nSPS) is 16.3. The molecule has 0 bridgehead atoms. The maximum Gasteiger partial charge on any atom is 0.198 e. The van der Waals surface area contributed by atoms with E-state index in [-0.39, 0.29) is 0 Å². The summed E-state index contributed by atoms with van der Waals surface area (Å²) in [6.45, 7) is 4.14. The maximum absolute atomic E-state index is 5.99. The fraction of sp³-hybridized carbons (Fsp3) is 0.438.